The minimum absolute atomic E-state index is 0.162. The summed E-state index contributed by atoms with van der Waals surface area (Å²) in [6, 6.07) is 0. The maximum atomic E-state index is 12.5. The smallest absolute Gasteiger partial charge is 0.311 e. The molecule has 4 saturated carbocycles. The van der Waals surface area contributed by atoms with Crippen molar-refractivity contribution >= 4 is 23.7 Å². The van der Waals surface area contributed by atoms with Crippen LogP contribution in [0.4, 0.5) is 0 Å². The molecule has 4 aliphatic carbocycles. The number of esters is 1. The van der Waals surface area contributed by atoms with Gasteiger partial charge in [0.1, 0.15) is 6.54 Å². The highest BCUT2D eigenvalue weighted by Gasteiger charge is 2.61. The molecule has 2 unspecified atom stereocenters. The molecule has 0 aromatic heterocycles. The first-order chi connectivity index (χ1) is 11.8. The third kappa shape index (κ3) is 2.64. The van der Waals surface area contributed by atoms with Crippen LogP contribution in [0.25, 0.3) is 0 Å². The highest BCUT2D eigenvalue weighted by Crippen LogP contribution is 2.61. The van der Waals surface area contributed by atoms with E-state index in [9.17, 15) is 19.2 Å². The molecule has 4 atom stereocenters. The lowest BCUT2D eigenvalue weighted by Crippen LogP contribution is -2.65. The van der Waals surface area contributed by atoms with Gasteiger partial charge < -0.3 is 10.1 Å². The molecule has 0 spiro atoms. The van der Waals surface area contributed by atoms with Gasteiger partial charge in [0, 0.05) is 18.4 Å². The molecule has 0 aromatic carbocycles. The second-order valence-corrected chi connectivity index (χ2v) is 8.44. The van der Waals surface area contributed by atoms with Crippen molar-refractivity contribution in [3.05, 3.63) is 0 Å². The summed E-state index contributed by atoms with van der Waals surface area (Å²) < 4.78 is 5.07. The van der Waals surface area contributed by atoms with Gasteiger partial charge in [-0.15, -0.1) is 0 Å². The zero-order valence-electron chi connectivity index (χ0n) is 14.5. The molecule has 5 fully saturated rings. The molecule has 7 nitrogen and oxygen atoms in total. The average Bonchev–Trinajstić information content (AvgIpc) is 2.84. The van der Waals surface area contributed by atoms with Gasteiger partial charge in [-0.3, -0.25) is 24.1 Å². The molecule has 1 saturated heterocycles. The molecule has 1 aliphatic heterocycles. The summed E-state index contributed by atoms with van der Waals surface area (Å²) in [4.78, 5) is 49.5. The molecule has 5 rings (SSSR count). The standard InChI is InChI=1S/C18H24N2O5/c1-25-16(24)17-5-11-4-12(6-17)8-18(7-11,10-17)19-13(21)9-20-14(22)2-3-15(20)23/h11-12H,2-10H2,1H3,(H,19,21)/t11-,12+,17?,18?. The lowest BCUT2D eigenvalue weighted by atomic mass is 9.47. The van der Waals surface area contributed by atoms with Crippen molar-refractivity contribution in [3.63, 3.8) is 0 Å². The SMILES string of the molecule is COC(=O)C12C[C@@H]3C[C@@H](CC(NC(=O)CN4C(=O)CCC4=O)(C3)C1)C2. The Hall–Kier alpha value is -1.92. The van der Waals surface area contributed by atoms with Gasteiger partial charge in [0.25, 0.3) is 0 Å². The lowest BCUT2D eigenvalue weighted by Gasteiger charge is -2.60. The summed E-state index contributed by atoms with van der Waals surface area (Å²) in [6.45, 7) is -0.208. The minimum atomic E-state index is -0.481. The van der Waals surface area contributed by atoms with E-state index in [0.29, 0.717) is 18.3 Å². The largest absolute Gasteiger partial charge is 0.469 e. The summed E-state index contributed by atoms with van der Waals surface area (Å²) in [6.07, 6.45) is 5.52. The maximum absolute atomic E-state index is 12.5. The van der Waals surface area contributed by atoms with Crippen LogP contribution in [0.5, 0.6) is 0 Å². The molecule has 4 bridgehead atoms. The number of carbonyl (C=O) groups is 4. The summed E-state index contributed by atoms with van der Waals surface area (Å²) in [5, 5.41) is 3.10. The van der Waals surface area contributed by atoms with Gasteiger partial charge >= 0.3 is 5.97 Å². The predicted octanol–water partition coefficient (Wildman–Crippen LogP) is 0.764. The second-order valence-electron chi connectivity index (χ2n) is 8.44. The van der Waals surface area contributed by atoms with Crippen molar-refractivity contribution in [1.82, 2.24) is 10.2 Å². The second kappa shape index (κ2) is 5.54. The number of rotatable bonds is 4. The molecule has 0 aromatic rings. The number of hydrogen-bond acceptors (Lipinski definition) is 5. The first kappa shape index (κ1) is 16.5. The van der Waals surface area contributed by atoms with E-state index in [1.54, 1.807) is 0 Å². The van der Waals surface area contributed by atoms with E-state index in [1.165, 1.54) is 7.11 Å². The number of amides is 3. The number of ether oxygens (including phenoxy) is 1. The third-order valence-corrected chi connectivity index (χ3v) is 6.54. The molecule has 25 heavy (non-hydrogen) atoms. The van der Waals surface area contributed by atoms with Crippen molar-refractivity contribution < 1.29 is 23.9 Å². The van der Waals surface area contributed by atoms with Crippen LogP contribution in [0.2, 0.25) is 0 Å². The molecular weight excluding hydrogens is 324 g/mol. The van der Waals surface area contributed by atoms with Crippen LogP contribution in [0.3, 0.4) is 0 Å². The van der Waals surface area contributed by atoms with Gasteiger partial charge in [-0.1, -0.05) is 0 Å². The maximum Gasteiger partial charge on any atom is 0.311 e. The van der Waals surface area contributed by atoms with Gasteiger partial charge in [-0.25, -0.2) is 0 Å². The average molecular weight is 348 g/mol. The molecule has 136 valence electrons. The van der Waals surface area contributed by atoms with E-state index in [0.717, 1.165) is 37.0 Å². The molecule has 5 aliphatic rings. The van der Waals surface area contributed by atoms with Crippen LogP contribution in [0.15, 0.2) is 0 Å². The number of carbonyl (C=O) groups excluding carboxylic acids is 4. The van der Waals surface area contributed by atoms with Gasteiger partial charge in [0.05, 0.1) is 12.5 Å². The zero-order chi connectivity index (χ0) is 17.8. The van der Waals surface area contributed by atoms with E-state index in [-0.39, 0.29) is 43.1 Å². The number of methoxy groups -OCH3 is 1. The first-order valence-electron chi connectivity index (χ1n) is 9.07. The summed E-state index contributed by atoms with van der Waals surface area (Å²) in [5.41, 5.74) is -0.882. The van der Waals surface area contributed by atoms with E-state index in [4.69, 9.17) is 4.74 Å². The van der Waals surface area contributed by atoms with Gasteiger partial charge in [-0.05, 0) is 50.4 Å². The minimum Gasteiger partial charge on any atom is -0.469 e. The highest BCUT2D eigenvalue weighted by atomic mass is 16.5. The van der Waals surface area contributed by atoms with Crippen LogP contribution in [0.1, 0.15) is 51.4 Å². The fourth-order valence-electron chi connectivity index (χ4n) is 6.14. The zero-order valence-corrected chi connectivity index (χ0v) is 14.5. The van der Waals surface area contributed by atoms with Crippen LogP contribution >= 0.6 is 0 Å². The molecule has 7 heteroatoms. The van der Waals surface area contributed by atoms with Crippen LogP contribution in [-0.4, -0.2) is 47.8 Å². The molecule has 3 amide bonds. The van der Waals surface area contributed by atoms with Crippen LogP contribution in [0, 0.1) is 17.3 Å². The first-order valence-corrected chi connectivity index (χ1v) is 9.07. The molecule has 1 heterocycles. The van der Waals surface area contributed by atoms with Gasteiger partial charge in [0.15, 0.2) is 0 Å². The normalized spacial score (nSPS) is 39.0. The Labute approximate surface area is 146 Å². The Bertz CT molecular complexity index is 628. The Morgan fingerprint density at radius 2 is 1.72 bits per heavy atom. The Kier molecular flexibility index (Phi) is 3.67. The Balaban J connectivity index is 1.50. The Morgan fingerprint density at radius 3 is 2.28 bits per heavy atom. The number of hydrogen-bond donors (Lipinski definition) is 1. The third-order valence-electron chi connectivity index (χ3n) is 6.54. The van der Waals surface area contributed by atoms with Crippen LogP contribution < -0.4 is 5.32 Å². The molecular formula is C18H24N2O5. The van der Waals surface area contributed by atoms with E-state index >= 15 is 0 Å². The topological polar surface area (TPSA) is 92.8 Å². The van der Waals surface area contributed by atoms with Crippen molar-refractivity contribution in [3.8, 4) is 0 Å². The van der Waals surface area contributed by atoms with Gasteiger partial charge in [-0.2, -0.15) is 0 Å². The molecule has 0 radical (unpaired) electrons. The van der Waals surface area contributed by atoms with Gasteiger partial charge in [0.2, 0.25) is 17.7 Å². The Morgan fingerprint density at radius 1 is 1.12 bits per heavy atom. The fraction of sp³-hybridized carbons (Fsp3) is 0.778. The number of imide groups is 1. The number of nitrogens with zero attached hydrogens (tertiary/aromatic N) is 1. The monoisotopic (exact) mass is 348 g/mol. The van der Waals surface area contributed by atoms with E-state index in [2.05, 4.69) is 5.32 Å². The van der Waals surface area contributed by atoms with Crippen LogP contribution in [-0.2, 0) is 23.9 Å². The summed E-state index contributed by atoms with van der Waals surface area (Å²) >= 11 is 0. The van der Waals surface area contributed by atoms with Crippen molar-refractivity contribution in [1.29, 1.82) is 0 Å². The predicted molar refractivity (Wildman–Crippen MR) is 86.0 cm³/mol. The van der Waals surface area contributed by atoms with Crippen molar-refractivity contribution in [2.24, 2.45) is 17.3 Å². The fourth-order valence-corrected chi connectivity index (χ4v) is 6.14. The van der Waals surface area contributed by atoms with E-state index < -0.39 is 11.0 Å². The van der Waals surface area contributed by atoms with Crippen molar-refractivity contribution in [2.75, 3.05) is 13.7 Å². The summed E-state index contributed by atoms with van der Waals surface area (Å²) in [5.74, 6) is -0.171. The highest BCUT2D eigenvalue weighted by molar-refractivity contribution is 6.04. The summed E-state index contributed by atoms with van der Waals surface area (Å²) in [7, 11) is 1.43. The lowest BCUT2D eigenvalue weighted by molar-refractivity contribution is -0.173. The molecule has 1 N–H and O–H groups in total. The van der Waals surface area contributed by atoms with E-state index in [1.807, 2.05) is 0 Å². The number of likely N-dealkylation sites (tertiary alicyclic amines) is 1. The quantitative estimate of drug-likeness (QED) is 0.598. The van der Waals surface area contributed by atoms with Crippen molar-refractivity contribution in [2.45, 2.75) is 56.9 Å². The number of nitrogens with one attached hydrogen (secondary N) is 1.